The van der Waals surface area contributed by atoms with Gasteiger partial charge in [0.2, 0.25) is 23.8 Å². The highest BCUT2D eigenvalue weighted by Gasteiger charge is 2.46. The number of hydrogen-bond acceptors (Lipinski definition) is 15. The van der Waals surface area contributed by atoms with Crippen LogP contribution in [-0.4, -0.2) is 116 Å². The largest absolute Gasteiger partial charge is 0.507 e. The van der Waals surface area contributed by atoms with E-state index in [1.54, 1.807) is 30.3 Å². The van der Waals surface area contributed by atoms with Gasteiger partial charge >= 0.3 is 0 Å². The van der Waals surface area contributed by atoms with Crippen LogP contribution in [0, 0.1) is 0 Å². The monoisotopic (exact) mass is 676 g/mol. The molecule has 15 heteroatoms. The van der Waals surface area contributed by atoms with Crippen molar-refractivity contribution >= 4 is 11.0 Å². The summed E-state index contributed by atoms with van der Waals surface area (Å²) in [5.74, 6) is -0.922. The fourth-order valence-corrected chi connectivity index (χ4v) is 5.52. The van der Waals surface area contributed by atoms with E-state index in [0.29, 0.717) is 11.3 Å². The van der Waals surface area contributed by atoms with Crippen LogP contribution in [0.25, 0.3) is 22.3 Å². The fourth-order valence-electron chi connectivity index (χ4n) is 5.52. The summed E-state index contributed by atoms with van der Waals surface area (Å²) in [7, 11) is 1.47. The molecule has 48 heavy (non-hydrogen) atoms. The van der Waals surface area contributed by atoms with Gasteiger partial charge in [0.25, 0.3) is 0 Å². The second-order valence-corrected chi connectivity index (χ2v) is 12.0. The first-order chi connectivity index (χ1) is 22.8. The quantitative estimate of drug-likeness (QED) is 0.140. The number of hydrogen-bond donors (Lipinski definition) is 8. The van der Waals surface area contributed by atoms with Crippen molar-refractivity contribution in [3.63, 3.8) is 0 Å². The number of benzene rings is 2. The number of aliphatic hydroxyl groups excluding tert-OH is 7. The Bertz CT molecular complexity index is 1680. The summed E-state index contributed by atoms with van der Waals surface area (Å²) in [4.78, 5) is 14.3. The zero-order chi connectivity index (χ0) is 35.0. The van der Waals surface area contributed by atoms with Crippen LogP contribution in [0.15, 0.2) is 51.2 Å². The Morgan fingerprint density at radius 1 is 0.875 bits per heavy atom. The van der Waals surface area contributed by atoms with Gasteiger partial charge in [0.05, 0.1) is 19.8 Å². The highest BCUT2D eigenvalue weighted by atomic mass is 16.7. The lowest BCUT2D eigenvalue weighted by Crippen LogP contribution is -2.60. The Morgan fingerprint density at radius 3 is 2.10 bits per heavy atom. The van der Waals surface area contributed by atoms with E-state index in [0.717, 1.165) is 11.6 Å². The predicted molar refractivity (Wildman–Crippen MR) is 167 cm³/mol. The van der Waals surface area contributed by atoms with Gasteiger partial charge in [-0.15, -0.1) is 0 Å². The predicted octanol–water partition coefficient (Wildman–Crippen LogP) is 0.0679. The maximum Gasteiger partial charge on any atom is 0.239 e. The summed E-state index contributed by atoms with van der Waals surface area (Å²) in [6, 6.07) is 7.41. The molecule has 8 N–H and O–H groups in total. The number of ether oxygens (including phenoxy) is 5. The summed E-state index contributed by atoms with van der Waals surface area (Å²) in [5, 5.41) is 82.9. The molecule has 0 bridgehead atoms. The Labute approximate surface area is 274 Å². The second-order valence-electron chi connectivity index (χ2n) is 12.0. The lowest BCUT2D eigenvalue weighted by Gasteiger charge is -2.39. The van der Waals surface area contributed by atoms with Crippen molar-refractivity contribution in [2.75, 3.05) is 13.7 Å². The van der Waals surface area contributed by atoms with Gasteiger partial charge in [-0.05, 0) is 51.5 Å². The number of aromatic hydroxyl groups is 1. The zero-order valence-electron chi connectivity index (χ0n) is 26.6. The van der Waals surface area contributed by atoms with E-state index in [-0.39, 0.29) is 34.5 Å². The molecule has 2 aliphatic heterocycles. The molecule has 2 saturated heterocycles. The third-order valence-corrected chi connectivity index (χ3v) is 8.37. The standard InChI is InChI=1S/C33H40O15/c1-13(2)5-10-17-19(45-33-28(42)26(40)23(37)20(12-34)46-33)11-18(35)21-24(38)31(48-32-27(41)25(39)22(36)14(3)44-32)29(47-30(17)21)15-6-8-16(43-4)9-7-15/h5-9,11,14,20,22-23,25-28,32-37,39-42H,10,12H2,1-4H3/t14-,20+,22-,23+,25+,26-,27+,28+,32?,33+/m0/s1. The van der Waals surface area contributed by atoms with E-state index in [9.17, 15) is 45.6 Å². The van der Waals surface area contributed by atoms with E-state index in [4.69, 9.17) is 28.1 Å². The van der Waals surface area contributed by atoms with Crippen LogP contribution in [0.3, 0.4) is 0 Å². The van der Waals surface area contributed by atoms with E-state index >= 15 is 0 Å². The van der Waals surface area contributed by atoms with Gasteiger partial charge in [-0.2, -0.15) is 0 Å². The summed E-state index contributed by atoms with van der Waals surface area (Å²) >= 11 is 0. The molecule has 10 atom stereocenters. The first-order valence-corrected chi connectivity index (χ1v) is 15.2. The summed E-state index contributed by atoms with van der Waals surface area (Å²) in [5.41, 5.74) is 0.341. The smallest absolute Gasteiger partial charge is 0.239 e. The molecule has 3 aromatic rings. The average molecular weight is 677 g/mol. The number of methoxy groups -OCH3 is 1. The van der Waals surface area contributed by atoms with Gasteiger partial charge in [0.15, 0.2) is 5.76 Å². The minimum Gasteiger partial charge on any atom is -0.507 e. The molecule has 0 saturated carbocycles. The third-order valence-electron chi connectivity index (χ3n) is 8.37. The van der Waals surface area contributed by atoms with E-state index < -0.39 is 84.9 Å². The number of aliphatic hydroxyl groups is 7. The molecular weight excluding hydrogens is 636 g/mol. The number of phenolic OH excluding ortho intramolecular Hbond substituents is 1. The molecule has 2 aliphatic rings. The van der Waals surface area contributed by atoms with Crippen LogP contribution < -0.4 is 19.6 Å². The van der Waals surface area contributed by atoms with E-state index in [1.165, 1.54) is 14.0 Å². The van der Waals surface area contributed by atoms with Gasteiger partial charge in [0.1, 0.15) is 70.9 Å². The highest BCUT2D eigenvalue weighted by Crippen LogP contribution is 2.41. The fraction of sp³-hybridized carbons (Fsp3) is 0.485. The van der Waals surface area contributed by atoms with E-state index in [1.807, 2.05) is 13.8 Å². The first-order valence-electron chi connectivity index (χ1n) is 15.2. The van der Waals surface area contributed by atoms with Crippen LogP contribution in [0.1, 0.15) is 26.3 Å². The van der Waals surface area contributed by atoms with Gasteiger partial charge in [-0.3, -0.25) is 4.79 Å². The van der Waals surface area contributed by atoms with Crippen molar-refractivity contribution in [2.24, 2.45) is 0 Å². The molecule has 2 aromatic carbocycles. The summed E-state index contributed by atoms with van der Waals surface area (Å²) < 4.78 is 34.5. The lowest BCUT2D eigenvalue weighted by atomic mass is 9.99. The first kappa shape index (κ1) is 35.5. The van der Waals surface area contributed by atoms with Crippen molar-refractivity contribution in [3.8, 4) is 34.3 Å². The number of rotatable bonds is 9. The topological polar surface area (TPSA) is 238 Å². The lowest BCUT2D eigenvalue weighted by molar-refractivity contribution is -0.277. The molecule has 262 valence electrons. The molecule has 0 radical (unpaired) electrons. The van der Waals surface area contributed by atoms with Crippen LogP contribution in [0.5, 0.6) is 23.0 Å². The average Bonchev–Trinajstić information content (AvgIpc) is 3.06. The molecule has 0 amide bonds. The Hall–Kier alpha value is -3.77. The molecule has 1 aromatic heterocycles. The SMILES string of the molecule is COc1ccc(-c2oc3c(CC=C(C)C)c(O[C@@H]4O[C@H](CO)[C@@H](O)[C@H](O)[C@H]4O)cc(O)c3c(=O)c2OC2O[C@@H](C)[C@H](O)[C@@H](O)[C@H]2O)cc1. The second kappa shape index (κ2) is 14.4. The molecule has 15 nitrogen and oxygen atoms in total. The Kier molecular flexibility index (Phi) is 10.6. The van der Waals surface area contributed by atoms with Crippen LogP contribution in [0.4, 0.5) is 0 Å². The van der Waals surface area contributed by atoms with E-state index in [2.05, 4.69) is 0 Å². The van der Waals surface area contributed by atoms with Crippen molar-refractivity contribution < 1.29 is 69.0 Å². The molecule has 3 heterocycles. The van der Waals surface area contributed by atoms with Gasteiger partial charge in [-0.25, -0.2) is 0 Å². The van der Waals surface area contributed by atoms with Crippen molar-refractivity contribution in [2.45, 2.75) is 88.6 Å². The Morgan fingerprint density at radius 2 is 1.50 bits per heavy atom. The van der Waals surface area contributed by atoms with Gasteiger partial charge < -0.3 is 69.0 Å². The van der Waals surface area contributed by atoms with Crippen molar-refractivity contribution in [3.05, 3.63) is 57.8 Å². The van der Waals surface area contributed by atoms with Crippen LogP contribution in [-0.2, 0) is 15.9 Å². The third kappa shape index (κ3) is 6.74. The highest BCUT2D eigenvalue weighted by molar-refractivity contribution is 5.91. The van der Waals surface area contributed by atoms with Gasteiger partial charge in [-0.1, -0.05) is 11.6 Å². The zero-order valence-corrected chi connectivity index (χ0v) is 26.6. The molecule has 5 rings (SSSR count). The van der Waals surface area contributed by atoms with Gasteiger partial charge in [0, 0.05) is 17.2 Å². The molecule has 0 spiro atoms. The maximum atomic E-state index is 14.3. The number of fused-ring (bicyclic) bond motifs is 1. The molecule has 1 unspecified atom stereocenters. The maximum absolute atomic E-state index is 14.3. The number of allylic oxidation sites excluding steroid dienone is 2. The van der Waals surface area contributed by atoms with Crippen molar-refractivity contribution in [1.29, 1.82) is 0 Å². The summed E-state index contributed by atoms with van der Waals surface area (Å²) in [6.45, 7) is 4.40. The Balaban J connectivity index is 1.71. The minimum atomic E-state index is -1.77. The normalized spacial score (nSPS) is 30.6. The van der Waals surface area contributed by atoms with Crippen molar-refractivity contribution in [1.82, 2.24) is 0 Å². The minimum absolute atomic E-state index is 0.0725. The molecule has 2 fully saturated rings. The molecule has 0 aliphatic carbocycles. The number of phenols is 1. The summed E-state index contributed by atoms with van der Waals surface area (Å²) in [6.07, 6.45) is -13.7. The molecular formula is C33H40O15. The van der Waals surface area contributed by atoms with Crippen LogP contribution in [0.2, 0.25) is 0 Å². The van der Waals surface area contributed by atoms with Crippen LogP contribution >= 0.6 is 0 Å².